The number of halogens is 1. The summed E-state index contributed by atoms with van der Waals surface area (Å²) in [6.07, 6.45) is 0. The highest BCUT2D eigenvalue weighted by Crippen LogP contribution is 2.04. The summed E-state index contributed by atoms with van der Waals surface area (Å²) >= 11 is 5.15. The molecule has 0 heterocycles. The summed E-state index contributed by atoms with van der Waals surface area (Å²) in [7, 11) is 0. The van der Waals surface area contributed by atoms with E-state index in [2.05, 4.69) is 16.0 Å². The summed E-state index contributed by atoms with van der Waals surface area (Å²) in [6, 6.07) is 15.0. The topological polar surface area (TPSA) is 53.2 Å². The lowest BCUT2D eigenvalue weighted by molar-refractivity contribution is 0.0954. The van der Waals surface area contributed by atoms with E-state index in [1.807, 2.05) is 30.3 Å². The average molecular weight is 317 g/mol. The lowest BCUT2D eigenvalue weighted by Gasteiger charge is -2.11. The van der Waals surface area contributed by atoms with Gasteiger partial charge >= 0.3 is 0 Å². The molecule has 0 aliphatic rings. The van der Waals surface area contributed by atoms with Gasteiger partial charge in [-0.3, -0.25) is 4.79 Å². The number of carbonyl (C=O) groups is 1. The van der Waals surface area contributed by atoms with Crippen LogP contribution in [0.25, 0.3) is 0 Å². The van der Waals surface area contributed by atoms with E-state index < -0.39 is 0 Å². The van der Waals surface area contributed by atoms with Gasteiger partial charge in [0.1, 0.15) is 5.82 Å². The van der Waals surface area contributed by atoms with Gasteiger partial charge in [-0.05, 0) is 48.6 Å². The van der Waals surface area contributed by atoms with Crippen LogP contribution in [-0.2, 0) is 0 Å². The van der Waals surface area contributed by atoms with Crippen molar-refractivity contribution in [1.29, 1.82) is 0 Å². The maximum absolute atomic E-state index is 12.8. The van der Waals surface area contributed by atoms with Gasteiger partial charge < -0.3 is 16.0 Å². The molecular weight excluding hydrogens is 301 g/mol. The number of carbonyl (C=O) groups excluding carboxylic acids is 1. The first kappa shape index (κ1) is 15.9. The van der Waals surface area contributed by atoms with Crippen LogP contribution in [0.15, 0.2) is 54.6 Å². The molecule has 2 aromatic carbocycles. The van der Waals surface area contributed by atoms with E-state index in [1.54, 1.807) is 0 Å². The van der Waals surface area contributed by atoms with Gasteiger partial charge in [0.05, 0.1) is 0 Å². The van der Waals surface area contributed by atoms with Crippen molar-refractivity contribution in [2.75, 3.05) is 18.4 Å². The third kappa shape index (κ3) is 5.14. The second-order valence-electron chi connectivity index (χ2n) is 4.51. The molecule has 6 heteroatoms. The van der Waals surface area contributed by atoms with Crippen molar-refractivity contribution < 1.29 is 9.18 Å². The minimum absolute atomic E-state index is 0.247. The van der Waals surface area contributed by atoms with Crippen LogP contribution in [0.1, 0.15) is 10.4 Å². The van der Waals surface area contributed by atoms with E-state index in [1.165, 1.54) is 24.3 Å². The fourth-order valence-electron chi connectivity index (χ4n) is 1.75. The first-order valence-electron chi connectivity index (χ1n) is 6.79. The van der Waals surface area contributed by atoms with E-state index in [4.69, 9.17) is 12.2 Å². The summed E-state index contributed by atoms with van der Waals surface area (Å²) < 4.78 is 12.8. The van der Waals surface area contributed by atoms with Crippen molar-refractivity contribution in [2.24, 2.45) is 0 Å². The molecule has 0 aliphatic carbocycles. The molecule has 0 saturated carbocycles. The molecule has 114 valence electrons. The van der Waals surface area contributed by atoms with Crippen LogP contribution in [0.3, 0.4) is 0 Å². The second-order valence-corrected chi connectivity index (χ2v) is 4.92. The highest BCUT2D eigenvalue weighted by atomic mass is 32.1. The summed E-state index contributed by atoms with van der Waals surface area (Å²) in [5.74, 6) is -0.612. The van der Waals surface area contributed by atoms with Gasteiger partial charge in [0.2, 0.25) is 0 Å². The molecule has 0 aliphatic heterocycles. The first-order valence-corrected chi connectivity index (χ1v) is 7.19. The summed E-state index contributed by atoms with van der Waals surface area (Å²) in [5, 5.41) is 9.24. The van der Waals surface area contributed by atoms with E-state index in [0.29, 0.717) is 23.8 Å². The van der Waals surface area contributed by atoms with Crippen molar-refractivity contribution in [3.05, 3.63) is 66.0 Å². The standard InChI is InChI=1S/C16H16FN3OS/c17-13-8-6-12(7-9-13)15(21)18-10-11-19-16(22)20-14-4-2-1-3-5-14/h1-9H,10-11H2,(H,18,21)(H2,19,20,22). The average Bonchev–Trinajstić information content (AvgIpc) is 2.53. The van der Waals surface area contributed by atoms with E-state index in [9.17, 15) is 9.18 Å². The third-order valence-electron chi connectivity index (χ3n) is 2.83. The van der Waals surface area contributed by atoms with Gasteiger partial charge in [0.15, 0.2) is 5.11 Å². The summed E-state index contributed by atoms with van der Waals surface area (Å²) in [4.78, 5) is 11.8. The Hall–Kier alpha value is -2.47. The monoisotopic (exact) mass is 317 g/mol. The SMILES string of the molecule is O=C(NCCNC(=S)Nc1ccccc1)c1ccc(F)cc1. The van der Waals surface area contributed by atoms with Gasteiger partial charge in [-0.15, -0.1) is 0 Å². The lowest BCUT2D eigenvalue weighted by Crippen LogP contribution is -2.36. The van der Waals surface area contributed by atoms with Crippen LogP contribution in [0.5, 0.6) is 0 Å². The number of benzene rings is 2. The van der Waals surface area contributed by atoms with Crippen LogP contribution < -0.4 is 16.0 Å². The van der Waals surface area contributed by atoms with E-state index >= 15 is 0 Å². The van der Waals surface area contributed by atoms with Gasteiger partial charge in [0.25, 0.3) is 5.91 Å². The maximum atomic E-state index is 12.8. The normalized spacial score (nSPS) is 9.86. The number of thiocarbonyl (C=S) groups is 1. The summed E-state index contributed by atoms with van der Waals surface area (Å²) in [5.41, 5.74) is 1.32. The Morgan fingerprint density at radius 1 is 0.955 bits per heavy atom. The third-order valence-corrected chi connectivity index (χ3v) is 3.08. The molecule has 0 aromatic heterocycles. The summed E-state index contributed by atoms with van der Waals surface area (Å²) in [6.45, 7) is 0.901. The molecule has 0 spiro atoms. The van der Waals surface area contributed by atoms with Crippen molar-refractivity contribution in [1.82, 2.24) is 10.6 Å². The molecule has 0 atom stereocenters. The first-order chi connectivity index (χ1) is 10.6. The van der Waals surface area contributed by atoms with E-state index in [0.717, 1.165) is 5.69 Å². The Morgan fingerprint density at radius 3 is 2.27 bits per heavy atom. The number of hydrogen-bond donors (Lipinski definition) is 3. The molecule has 1 amide bonds. The zero-order valence-corrected chi connectivity index (χ0v) is 12.6. The Balaban J connectivity index is 1.67. The second kappa shape index (κ2) is 8.09. The fourth-order valence-corrected chi connectivity index (χ4v) is 1.97. The van der Waals surface area contributed by atoms with Crippen molar-refractivity contribution in [3.8, 4) is 0 Å². The molecule has 4 nitrogen and oxygen atoms in total. The lowest BCUT2D eigenvalue weighted by atomic mass is 10.2. The molecule has 2 rings (SSSR count). The van der Waals surface area contributed by atoms with Crippen LogP contribution in [0.2, 0.25) is 0 Å². The molecule has 0 fully saturated rings. The highest BCUT2D eigenvalue weighted by Gasteiger charge is 2.04. The molecule has 0 bridgehead atoms. The van der Waals surface area contributed by atoms with Gasteiger partial charge in [0, 0.05) is 24.3 Å². The number of anilines is 1. The molecule has 0 radical (unpaired) electrons. The quantitative estimate of drug-likeness (QED) is 0.586. The minimum Gasteiger partial charge on any atom is -0.361 e. The van der Waals surface area contributed by atoms with Crippen LogP contribution in [-0.4, -0.2) is 24.1 Å². The number of hydrogen-bond acceptors (Lipinski definition) is 2. The zero-order valence-electron chi connectivity index (χ0n) is 11.8. The van der Waals surface area contributed by atoms with Crippen molar-refractivity contribution in [2.45, 2.75) is 0 Å². The Morgan fingerprint density at radius 2 is 1.59 bits per heavy atom. The van der Waals surface area contributed by atoms with Crippen molar-refractivity contribution in [3.63, 3.8) is 0 Å². The van der Waals surface area contributed by atoms with Gasteiger partial charge in [-0.1, -0.05) is 18.2 Å². The molecule has 2 aromatic rings. The van der Waals surface area contributed by atoms with Gasteiger partial charge in [-0.2, -0.15) is 0 Å². The number of para-hydroxylation sites is 1. The van der Waals surface area contributed by atoms with Gasteiger partial charge in [-0.25, -0.2) is 4.39 Å². The molecule has 22 heavy (non-hydrogen) atoms. The Kier molecular flexibility index (Phi) is 5.85. The largest absolute Gasteiger partial charge is 0.361 e. The highest BCUT2D eigenvalue weighted by molar-refractivity contribution is 7.80. The number of nitrogens with one attached hydrogen (secondary N) is 3. The maximum Gasteiger partial charge on any atom is 0.251 e. The predicted molar refractivity (Wildman–Crippen MR) is 89.4 cm³/mol. The van der Waals surface area contributed by atoms with Crippen LogP contribution in [0, 0.1) is 5.82 Å². The van der Waals surface area contributed by atoms with Crippen LogP contribution in [0.4, 0.5) is 10.1 Å². The predicted octanol–water partition coefficient (Wildman–Crippen LogP) is 2.54. The molecular formula is C16H16FN3OS. The zero-order chi connectivity index (χ0) is 15.8. The Labute approximate surface area is 133 Å². The smallest absolute Gasteiger partial charge is 0.251 e. The Bertz CT molecular complexity index is 632. The fraction of sp³-hybridized carbons (Fsp3) is 0.125. The minimum atomic E-state index is -0.365. The van der Waals surface area contributed by atoms with Crippen molar-refractivity contribution >= 4 is 28.9 Å². The molecule has 0 saturated heterocycles. The number of rotatable bonds is 5. The van der Waals surface area contributed by atoms with E-state index in [-0.39, 0.29) is 11.7 Å². The number of amides is 1. The molecule has 3 N–H and O–H groups in total. The van der Waals surface area contributed by atoms with Crippen LogP contribution >= 0.6 is 12.2 Å². The molecule has 0 unspecified atom stereocenters.